The van der Waals surface area contributed by atoms with Crippen LogP contribution >= 0.6 is 0 Å². The molecule has 6 nitrogen and oxygen atoms in total. The Morgan fingerprint density at radius 1 is 1.32 bits per heavy atom. The first-order valence-electron chi connectivity index (χ1n) is 6.83. The van der Waals surface area contributed by atoms with Crippen molar-refractivity contribution in [1.82, 2.24) is 9.55 Å². The van der Waals surface area contributed by atoms with Gasteiger partial charge in [0.05, 0.1) is 0 Å². The molecule has 0 bridgehead atoms. The van der Waals surface area contributed by atoms with Crippen LogP contribution in [0.25, 0.3) is 0 Å². The highest BCUT2D eigenvalue weighted by Crippen LogP contribution is 2.17. The van der Waals surface area contributed by atoms with Crippen molar-refractivity contribution in [1.29, 1.82) is 0 Å². The normalized spacial score (nSPS) is 12.9. The Morgan fingerprint density at radius 2 is 1.95 bits per heavy atom. The van der Waals surface area contributed by atoms with E-state index in [-0.39, 0.29) is 5.75 Å². The average molecular weight is 321 g/mol. The molecule has 0 fully saturated rings. The minimum atomic E-state index is -3.63. The molecule has 1 amide bonds. The fourth-order valence-corrected chi connectivity index (χ4v) is 3.40. The first-order chi connectivity index (χ1) is 10.3. The van der Waals surface area contributed by atoms with Crippen LogP contribution in [0.1, 0.15) is 12.7 Å². The standard InChI is InChI=1S/C15H19N3O3S/c1-12(15(19)18(3)13-7-5-4-6-8-13)22(20,21)11-14-16-9-10-17(14)2/h4-10,12H,11H2,1-3H3. The highest BCUT2D eigenvalue weighted by molar-refractivity contribution is 7.92. The third-order valence-electron chi connectivity index (χ3n) is 3.61. The zero-order valence-electron chi connectivity index (χ0n) is 12.8. The fraction of sp³-hybridized carbons (Fsp3) is 0.333. The van der Waals surface area contributed by atoms with Gasteiger partial charge in [-0.25, -0.2) is 13.4 Å². The van der Waals surface area contributed by atoms with Crippen LogP contribution in [-0.2, 0) is 27.4 Å². The van der Waals surface area contributed by atoms with E-state index in [2.05, 4.69) is 4.98 Å². The smallest absolute Gasteiger partial charge is 0.244 e. The molecule has 7 heteroatoms. The SMILES string of the molecule is CC(C(=O)N(C)c1ccccc1)S(=O)(=O)Cc1nccn1C. The van der Waals surface area contributed by atoms with Gasteiger partial charge in [0.25, 0.3) is 0 Å². The van der Waals surface area contributed by atoms with Crippen LogP contribution in [0, 0.1) is 0 Å². The third-order valence-corrected chi connectivity index (χ3v) is 5.55. The van der Waals surface area contributed by atoms with Gasteiger partial charge >= 0.3 is 0 Å². The number of anilines is 1. The van der Waals surface area contributed by atoms with Gasteiger partial charge in [-0.1, -0.05) is 18.2 Å². The number of rotatable bonds is 5. The summed E-state index contributed by atoms with van der Waals surface area (Å²) >= 11 is 0. The fourth-order valence-electron chi connectivity index (χ4n) is 2.05. The minimum Gasteiger partial charge on any atom is -0.337 e. The van der Waals surface area contributed by atoms with Crippen molar-refractivity contribution in [2.45, 2.75) is 17.9 Å². The Kier molecular flexibility index (Phi) is 4.65. The van der Waals surface area contributed by atoms with Gasteiger partial charge in [0, 0.05) is 32.2 Å². The van der Waals surface area contributed by atoms with Gasteiger partial charge in [-0.05, 0) is 19.1 Å². The molecule has 0 saturated heterocycles. The summed E-state index contributed by atoms with van der Waals surface area (Å²) in [4.78, 5) is 17.8. The van der Waals surface area contributed by atoms with Gasteiger partial charge in [0.15, 0.2) is 9.84 Å². The van der Waals surface area contributed by atoms with E-state index in [0.717, 1.165) is 0 Å². The Bertz CT molecular complexity index is 753. The second-order valence-corrected chi connectivity index (χ2v) is 7.46. The highest BCUT2D eigenvalue weighted by Gasteiger charge is 2.31. The summed E-state index contributed by atoms with van der Waals surface area (Å²) in [6, 6.07) is 8.95. The largest absolute Gasteiger partial charge is 0.337 e. The summed E-state index contributed by atoms with van der Waals surface area (Å²) in [5, 5.41) is -1.13. The predicted molar refractivity (Wildman–Crippen MR) is 85.1 cm³/mol. The number of carbonyl (C=O) groups excluding carboxylic acids is 1. The summed E-state index contributed by atoms with van der Waals surface area (Å²) in [5.74, 6) is -0.297. The van der Waals surface area contributed by atoms with Gasteiger partial charge < -0.3 is 9.47 Å². The average Bonchev–Trinajstić information content (AvgIpc) is 2.90. The van der Waals surface area contributed by atoms with Crippen LogP contribution in [0.3, 0.4) is 0 Å². The molecule has 0 saturated carbocycles. The summed E-state index contributed by atoms with van der Waals surface area (Å²) in [6.07, 6.45) is 3.21. The van der Waals surface area contributed by atoms with Crippen molar-refractivity contribution in [3.05, 3.63) is 48.5 Å². The lowest BCUT2D eigenvalue weighted by molar-refractivity contribution is -0.117. The maximum absolute atomic E-state index is 12.4. The topological polar surface area (TPSA) is 72.3 Å². The van der Waals surface area contributed by atoms with Crippen molar-refractivity contribution >= 4 is 21.4 Å². The molecule has 0 spiro atoms. The minimum absolute atomic E-state index is 0.258. The monoisotopic (exact) mass is 321 g/mol. The van der Waals surface area contributed by atoms with Crippen molar-refractivity contribution in [2.75, 3.05) is 11.9 Å². The van der Waals surface area contributed by atoms with E-state index < -0.39 is 21.0 Å². The Hall–Kier alpha value is -2.15. The van der Waals surface area contributed by atoms with E-state index in [1.165, 1.54) is 18.0 Å². The van der Waals surface area contributed by atoms with Crippen LogP contribution in [0.4, 0.5) is 5.69 Å². The number of carbonyl (C=O) groups is 1. The molecule has 0 N–H and O–H groups in total. The van der Waals surface area contributed by atoms with E-state index in [1.807, 2.05) is 6.07 Å². The second-order valence-electron chi connectivity index (χ2n) is 5.14. The summed E-state index contributed by atoms with van der Waals surface area (Å²) in [5.41, 5.74) is 0.659. The summed E-state index contributed by atoms with van der Waals surface area (Å²) < 4.78 is 26.5. The number of aryl methyl sites for hydroxylation is 1. The molecule has 1 unspecified atom stereocenters. The molecule has 0 aliphatic rings. The highest BCUT2D eigenvalue weighted by atomic mass is 32.2. The lowest BCUT2D eigenvalue weighted by atomic mass is 10.3. The lowest BCUT2D eigenvalue weighted by Crippen LogP contribution is -2.40. The van der Waals surface area contributed by atoms with Crippen LogP contribution in [-0.4, -0.2) is 36.2 Å². The van der Waals surface area contributed by atoms with Gasteiger partial charge in [-0.3, -0.25) is 4.79 Å². The molecular formula is C15H19N3O3S. The van der Waals surface area contributed by atoms with E-state index in [4.69, 9.17) is 0 Å². The van der Waals surface area contributed by atoms with Crippen LogP contribution in [0.2, 0.25) is 0 Å². The molecule has 0 aliphatic heterocycles. The molecule has 2 aromatic rings. The number of benzene rings is 1. The van der Waals surface area contributed by atoms with Gasteiger partial charge in [-0.2, -0.15) is 0 Å². The van der Waals surface area contributed by atoms with Gasteiger partial charge in [-0.15, -0.1) is 0 Å². The van der Waals surface area contributed by atoms with E-state index >= 15 is 0 Å². The maximum atomic E-state index is 12.4. The molecule has 22 heavy (non-hydrogen) atoms. The van der Waals surface area contributed by atoms with Crippen LogP contribution < -0.4 is 4.90 Å². The Morgan fingerprint density at radius 3 is 2.50 bits per heavy atom. The van der Waals surface area contributed by atoms with Crippen LogP contribution in [0.5, 0.6) is 0 Å². The number of amides is 1. The van der Waals surface area contributed by atoms with Crippen molar-refractivity contribution in [2.24, 2.45) is 7.05 Å². The van der Waals surface area contributed by atoms with Crippen LogP contribution in [0.15, 0.2) is 42.7 Å². The van der Waals surface area contributed by atoms with E-state index in [0.29, 0.717) is 11.5 Å². The first kappa shape index (κ1) is 16.2. The molecule has 1 heterocycles. The molecule has 2 rings (SSSR count). The number of sulfone groups is 1. The quantitative estimate of drug-likeness (QED) is 0.834. The molecule has 0 radical (unpaired) electrons. The predicted octanol–water partition coefficient (Wildman–Crippen LogP) is 1.39. The molecule has 1 atom stereocenters. The zero-order valence-corrected chi connectivity index (χ0v) is 13.6. The zero-order chi connectivity index (χ0) is 16.3. The van der Waals surface area contributed by atoms with Crippen molar-refractivity contribution in [3.63, 3.8) is 0 Å². The first-order valence-corrected chi connectivity index (χ1v) is 8.55. The maximum Gasteiger partial charge on any atom is 0.244 e. The third kappa shape index (κ3) is 3.36. The number of nitrogens with zero attached hydrogens (tertiary/aromatic N) is 3. The Labute approximate surface area is 130 Å². The van der Waals surface area contributed by atoms with E-state index in [9.17, 15) is 13.2 Å². The van der Waals surface area contributed by atoms with E-state index in [1.54, 1.807) is 49.1 Å². The molecular weight excluding hydrogens is 302 g/mol. The number of hydrogen-bond donors (Lipinski definition) is 0. The number of imidazole rings is 1. The summed E-state index contributed by atoms with van der Waals surface area (Å²) in [7, 11) is -0.336. The second kappa shape index (κ2) is 6.31. The lowest BCUT2D eigenvalue weighted by Gasteiger charge is -2.21. The van der Waals surface area contributed by atoms with Crippen molar-refractivity contribution in [3.8, 4) is 0 Å². The van der Waals surface area contributed by atoms with Gasteiger partial charge in [0.2, 0.25) is 5.91 Å². The molecule has 1 aromatic carbocycles. The number of hydrogen-bond acceptors (Lipinski definition) is 4. The summed E-state index contributed by atoms with van der Waals surface area (Å²) in [6.45, 7) is 1.42. The molecule has 1 aromatic heterocycles. The number of aromatic nitrogens is 2. The van der Waals surface area contributed by atoms with Gasteiger partial charge in [0.1, 0.15) is 16.8 Å². The Balaban J connectivity index is 2.17. The molecule has 118 valence electrons. The molecule has 0 aliphatic carbocycles. The van der Waals surface area contributed by atoms with Crippen molar-refractivity contribution < 1.29 is 13.2 Å². The number of para-hydroxylation sites is 1.